The summed E-state index contributed by atoms with van der Waals surface area (Å²) in [6.45, 7) is 7.44. The molecule has 4 nitrogen and oxygen atoms in total. The van der Waals surface area contributed by atoms with Gasteiger partial charge in [0.25, 0.3) is 0 Å². The third-order valence-electron chi connectivity index (χ3n) is 4.07. The van der Waals surface area contributed by atoms with Crippen molar-refractivity contribution >= 4 is 5.97 Å². The maximum Gasteiger partial charge on any atom is 0.330 e. The fourth-order valence-corrected chi connectivity index (χ4v) is 2.51. The number of esters is 1. The fourth-order valence-electron chi connectivity index (χ4n) is 2.51. The SMILES string of the molecule is C=CC(=O)OCCC1CC(O)C(C)(CC)C1O. The van der Waals surface area contributed by atoms with Gasteiger partial charge in [0, 0.05) is 11.5 Å². The molecular weight excluding hydrogens is 220 g/mol. The summed E-state index contributed by atoms with van der Waals surface area (Å²) in [5.41, 5.74) is -0.437. The van der Waals surface area contributed by atoms with Crippen molar-refractivity contribution in [1.82, 2.24) is 0 Å². The molecule has 0 aliphatic heterocycles. The Bertz CT molecular complexity index is 289. The van der Waals surface area contributed by atoms with Crippen molar-refractivity contribution in [2.45, 2.75) is 45.3 Å². The maximum absolute atomic E-state index is 10.9. The Morgan fingerprint density at radius 1 is 1.59 bits per heavy atom. The summed E-state index contributed by atoms with van der Waals surface area (Å²) >= 11 is 0. The summed E-state index contributed by atoms with van der Waals surface area (Å²) in [6, 6.07) is 0. The highest BCUT2D eigenvalue weighted by Gasteiger charge is 2.49. The number of carbonyl (C=O) groups is 1. The molecule has 4 atom stereocenters. The molecule has 0 aromatic heterocycles. The van der Waals surface area contributed by atoms with Gasteiger partial charge in [0.1, 0.15) is 0 Å². The molecule has 0 bridgehead atoms. The Morgan fingerprint density at radius 3 is 2.71 bits per heavy atom. The van der Waals surface area contributed by atoms with Crippen LogP contribution in [0, 0.1) is 11.3 Å². The largest absolute Gasteiger partial charge is 0.463 e. The van der Waals surface area contributed by atoms with Gasteiger partial charge in [-0.1, -0.05) is 20.4 Å². The van der Waals surface area contributed by atoms with Crippen molar-refractivity contribution in [3.8, 4) is 0 Å². The fraction of sp³-hybridized carbons (Fsp3) is 0.769. The molecule has 0 heterocycles. The molecule has 0 aromatic carbocycles. The van der Waals surface area contributed by atoms with Gasteiger partial charge in [0.2, 0.25) is 0 Å². The van der Waals surface area contributed by atoms with E-state index in [9.17, 15) is 15.0 Å². The van der Waals surface area contributed by atoms with Gasteiger partial charge in [-0.3, -0.25) is 0 Å². The van der Waals surface area contributed by atoms with Gasteiger partial charge in [0.05, 0.1) is 18.8 Å². The number of aliphatic hydroxyl groups is 2. The van der Waals surface area contributed by atoms with E-state index in [1.807, 2.05) is 13.8 Å². The molecule has 0 amide bonds. The molecule has 1 fully saturated rings. The zero-order valence-electron chi connectivity index (χ0n) is 10.6. The van der Waals surface area contributed by atoms with E-state index >= 15 is 0 Å². The molecule has 1 aliphatic carbocycles. The average molecular weight is 242 g/mol. The van der Waals surface area contributed by atoms with Gasteiger partial charge >= 0.3 is 5.97 Å². The molecule has 0 radical (unpaired) electrons. The predicted molar refractivity (Wildman–Crippen MR) is 64.3 cm³/mol. The van der Waals surface area contributed by atoms with Crippen LogP contribution in [0.25, 0.3) is 0 Å². The van der Waals surface area contributed by atoms with Crippen molar-refractivity contribution in [2.24, 2.45) is 11.3 Å². The van der Waals surface area contributed by atoms with E-state index in [2.05, 4.69) is 6.58 Å². The number of hydrogen-bond donors (Lipinski definition) is 2. The van der Waals surface area contributed by atoms with E-state index in [0.717, 1.165) is 12.5 Å². The van der Waals surface area contributed by atoms with E-state index in [1.54, 1.807) is 0 Å². The molecule has 0 saturated heterocycles. The van der Waals surface area contributed by atoms with E-state index in [4.69, 9.17) is 4.74 Å². The van der Waals surface area contributed by atoms with Gasteiger partial charge in [-0.05, 0) is 25.2 Å². The van der Waals surface area contributed by atoms with Crippen LogP contribution in [0.3, 0.4) is 0 Å². The molecule has 4 unspecified atom stereocenters. The molecule has 0 aromatic rings. The summed E-state index contributed by atoms with van der Waals surface area (Å²) in [7, 11) is 0. The van der Waals surface area contributed by atoms with Crippen LogP contribution in [0.4, 0.5) is 0 Å². The Balaban J connectivity index is 2.47. The molecule has 4 heteroatoms. The van der Waals surface area contributed by atoms with Crippen molar-refractivity contribution in [2.75, 3.05) is 6.61 Å². The van der Waals surface area contributed by atoms with Crippen molar-refractivity contribution in [3.63, 3.8) is 0 Å². The van der Waals surface area contributed by atoms with Crippen molar-refractivity contribution < 1.29 is 19.7 Å². The molecular formula is C13H22O4. The van der Waals surface area contributed by atoms with Crippen LogP contribution in [0.15, 0.2) is 12.7 Å². The number of carbonyl (C=O) groups excluding carboxylic acids is 1. The van der Waals surface area contributed by atoms with Gasteiger partial charge in [-0.2, -0.15) is 0 Å². The lowest BCUT2D eigenvalue weighted by Crippen LogP contribution is -2.36. The first kappa shape index (κ1) is 14.2. The number of hydrogen-bond acceptors (Lipinski definition) is 4. The highest BCUT2D eigenvalue weighted by atomic mass is 16.5. The third-order valence-corrected chi connectivity index (χ3v) is 4.07. The Kier molecular flexibility index (Phi) is 4.71. The lowest BCUT2D eigenvalue weighted by atomic mass is 9.80. The molecule has 1 aliphatic rings. The van der Waals surface area contributed by atoms with Crippen LogP contribution in [0.2, 0.25) is 0 Å². The van der Waals surface area contributed by atoms with E-state index in [1.165, 1.54) is 0 Å². The van der Waals surface area contributed by atoms with E-state index < -0.39 is 23.6 Å². The van der Waals surface area contributed by atoms with Gasteiger partial charge in [-0.15, -0.1) is 0 Å². The standard InChI is InChI=1S/C13H22O4/c1-4-11(15)17-7-6-9-8-10(14)13(3,5-2)12(9)16/h4,9-10,12,14,16H,1,5-8H2,2-3H3. The second kappa shape index (κ2) is 5.65. The average Bonchev–Trinajstić information content (AvgIpc) is 2.54. The molecule has 17 heavy (non-hydrogen) atoms. The molecule has 1 saturated carbocycles. The number of rotatable bonds is 5. The summed E-state index contributed by atoms with van der Waals surface area (Å²) in [4.78, 5) is 10.9. The van der Waals surface area contributed by atoms with Gasteiger partial charge < -0.3 is 14.9 Å². The first-order chi connectivity index (χ1) is 7.95. The molecule has 0 spiro atoms. The maximum atomic E-state index is 10.9. The van der Waals surface area contributed by atoms with Crippen LogP contribution in [0.5, 0.6) is 0 Å². The van der Waals surface area contributed by atoms with E-state index in [-0.39, 0.29) is 12.5 Å². The lowest BCUT2D eigenvalue weighted by molar-refractivity contribution is -0.138. The molecule has 2 N–H and O–H groups in total. The Labute approximate surface area is 102 Å². The van der Waals surface area contributed by atoms with Crippen LogP contribution >= 0.6 is 0 Å². The lowest BCUT2D eigenvalue weighted by Gasteiger charge is -2.31. The highest BCUT2D eigenvalue weighted by Crippen LogP contribution is 2.45. The van der Waals surface area contributed by atoms with E-state index in [0.29, 0.717) is 12.8 Å². The molecule has 1 rings (SSSR count). The first-order valence-corrected chi connectivity index (χ1v) is 6.11. The van der Waals surface area contributed by atoms with Gasteiger partial charge in [-0.25, -0.2) is 4.79 Å². The number of aliphatic hydroxyl groups excluding tert-OH is 2. The minimum Gasteiger partial charge on any atom is -0.463 e. The predicted octanol–water partition coefficient (Wildman–Crippen LogP) is 1.26. The zero-order valence-corrected chi connectivity index (χ0v) is 10.6. The summed E-state index contributed by atoms with van der Waals surface area (Å²) in [5.74, 6) is -0.455. The minimum absolute atomic E-state index is 0.00688. The molecule has 98 valence electrons. The monoisotopic (exact) mass is 242 g/mol. The second-order valence-corrected chi connectivity index (χ2v) is 4.98. The smallest absolute Gasteiger partial charge is 0.330 e. The third kappa shape index (κ3) is 2.87. The van der Waals surface area contributed by atoms with Crippen LogP contribution in [-0.2, 0) is 9.53 Å². The Hall–Kier alpha value is -0.870. The normalized spacial score (nSPS) is 36.8. The summed E-state index contributed by atoms with van der Waals surface area (Å²) < 4.78 is 4.89. The summed E-state index contributed by atoms with van der Waals surface area (Å²) in [6.07, 6.45) is 1.98. The topological polar surface area (TPSA) is 66.8 Å². The van der Waals surface area contributed by atoms with Crippen LogP contribution < -0.4 is 0 Å². The number of ether oxygens (including phenoxy) is 1. The first-order valence-electron chi connectivity index (χ1n) is 6.11. The second-order valence-electron chi connectivity index (χ2n) is 4.98. The summed E-state index contributed by atoms with van der Waals surface area (Å²) in [5, 5.41) is 20.1. The quantitative estimate of drug-likeness (QED) is 0.562. The van der Waals surface area contributed by atoms with Crippen LogP contribution in [-0.4, -0.2) is 35.0 Å². The highest BCUT2D eigenvalue weighted by molar-refractivity contribution is 5.81. The van der Waals surface area contributed by atoms with Crippen LogP contribution in [0.1, 0.15) is 33.1 Å². The zero-order chi connectivity index (χ0) is 13.1. The van der Waals surface area contributed by atoms with Crippen molar-refractivity contribution in [1.29, 1.82) is 0 Å². The minimum atomic E-state index is -0.537. The van der Waals surface area contributed by atoms with Gasteiger partial charge in [0.15, 0.2) is 0 Å². The van der Waals surface area contributed by atoms with Crippen molar-refractivity contribution in [3.05, 3.63) is 12.7 Å². The Morgan fingerprint density at radius 2 is 2.24 bits per heavy atom.